The summed E-state index contributed by atoms with van der Waals surface area (Å²) in [5.74, 6) is -0.179. The number of rotatable bonds is 2. The summed E-state index contributed by atoms with van der Waals surface area (Å²) < 4.78 is 5.92. The molecule has 0 amide bonds. The highest BCUT2D eigenvalue weighted by molar-refractivity contribution is 6.08. The molecule has 22 heavy (non-hydrogen) atoms. The Bertz CT molecular complexity index is 978. The van der Waals surface area contributed by atoms with Crippen LogP contribution in [0.1, 0.15) is 10.4 Å². The summed E-state index contributed by atoms with van der Waals surface area (Å²) in [6.07, 6.45) is 0. The van der Waals surface area contributed by atoms with Gasteiger partial charge >= 0.3 is 5.97 Å². The Kier molecular flexibility index (Phi) is 2.73. The van der Waals surface area contributed by atoms with Crippen molar-refractivity contribution in [2.24, 2.45) is 0 Å². The van der Waals surface area contributed by atoms with Crippen LogP contribution in [0.5, 0.6) is 0 Å². The van der Waals surface area contributed by atoms with Gasteiger partial charge in [0.05, 0.1) is 5.56 Å². The SMILES string of the molecule is O=C(O)c1ccc(-c2cc3ccccc3o2)c2ccccc12. The van der Waals surface area contributed by atoms with Crippen molar-refractivity contribution in [3.63, 3.8) is 0 Å². The van der Waals surface area contributed by atoms with E-state index in [4.69, 9.17) is 4.42 Å². The van der Waals surface area contributed by atoms with Crippen molar-refractivity contribution < 1.29 is 14.3 Å². The molecule has 0 aliphatic carbocycles. The van der Waals surface area contributed by atoms with E-state index in [1.54, 1.807) is 6.07 Å². The average molecular weight is 288 g/mol. The van der Waals surface area contributed by atoms with Gasteiger partial charge in [-0.3, -0.25) is 0 Å². The second kappa shape index (κ2) is 4.74. The Balaban J connectivity index is 2.03. The van der Waals surface area contributed by atoms with Crippen LogP contribution < -0.4 is 0 Å². The molecular weight excluding hydrogens is 276 g/mol. The van der Waals surface area contributed by atoms with E-state index in [0.29, 0.717) is 10.9 Å². The lowest BCUT2D eigenvalue weighted by molar-refractivity contribution is 0.0699. The predicted octanol–water partition coefficient (Wildman–Crippen LogP) is 4.95. The molecule has 0 bridgehead atoms. The first kappa shape index (κ1) is 12.7. The van der Waals surface area contributed by atoms with Crippen LogP contribution in [0.2, 0.25) is 0 Å². The molecule has 3 heteroatoms. The van der Waals surface area contributed by atoms with Crippen LogP contribution in [0, 0.1) is 0 Å². The summed E-state index contributed by atoms with van der Waals surface area (Å²) in [4.78, 5) is 11.4. The Labute approximate surface area is 126 Å². The zero-order valence-electron chi connectivity index (χ0n) is 11.6. The molecule has 0 unspecified atom stereocenters. The number of aromatic carboxylic acids is 1. The molecule has 0 aliphatic rings. The van der Waals surface area contributed by atoms with Gasteiger partial charge in [-0.25, -0.2) is 4.79 Å². The van der Waals surface area contributed by atoms with Gasteiger partial charge in [-0.2, -0.15) is 0 Å². The van der Waals surface area contributed by atoms with Gasteiger partial charge in [0, 0.05) is 10.9 Å². The highest BCUT2D eigenvalue weighted by Crippen LogP contribution is 2.34. The maximum atomic E-state index is 11.4. The van der Waals surface area contributed by atoms with E-state index in [-0.39, 0.29) is 0 Å². The number of carbonyl (C=O) groups is 1. The monoisotopic (exact) mass is 288 g/mol. The third kappa shape index (κ3) is 1.87. The molecule has 3 nitrogen and oxygen atoms in total. The molecule has 0 radical (unpaired) electrons. The highest BCUT2D eigenvalue weighted by atomic mass is 16.4. The van der Waals surface area contributed by atoms with Crippen LogP contribution >= 0.6 is 0 Å². The molecule has 0 fully saturated rings. The number of furan rings is 1. The fourth-order valence-electron chi connectivity index (χ4n) is 2.82. The smallest absolute Gasteiger partial charge is 0.336 e. The molecule has 106 valence electrons. The van der Waals surface area contributed by atoms with Crippen molar-refractivity contribution in [1.29, 1.82) is 0 Å². The van der Waals surface area contributed by atoms with E-state index in [1.807, 2.05) is 60.7 Å². The van der Waals surface area contributed by atoms with Gasteiger partial charge in [-0.15, -0.1) is 0 Å². The first-order valence-corrected chi connectivity index (χ1v) is 6.98. The first-order chi connectivity index (χ1) is 10.7. The number of benzene rings is 3. The van der Waals surface area contributed by atoms with Gasteiger partial charge in [-0.1, -0.05) is 42.5 Å². The van der Waals surface area contributed by atoms with Crippen LogP contribution in [0.4, 0.5) is 0 Å². The number of hydrogen-bond donors (Lipinski definition) is 1. The van der Waals surface area contributed by atoms with Crippen LogP contribution in [0.25, 0.3) is 33.1 Å². The Morgan fingerprint density at radius 3 is 2.36 bits per heavy atom. The van der Waals surface area contributed by atoms with Gasteiger partial charge in [0.15, 0.2) is 0 Å². The topological polar surface area (TPSA) is 50.4 Å². The van der Waals surface area contributed by atoms with Gasteiger partial charge in [0.25, 0.3) is 0 Å². The standard InChI is InChI=1S/C19H12O3/c20-19(21)16-10-9-15(13-6-2-3-7-14(13)16)18-11-12-5-1-4-8-17(12)22-18/h1-11H,(H,20,21). The molecule has 4 aromatic rings. The summed E-state index contributed by atoms with van der Waals surface area (Å²) >= 11 is 0. The number of para-hydroxylation sites is 1. The lowest BCUT2D eigenvalue weighted by Crippen LogP contribution is -1.97. The van der Waals surface area contributed by atoms with Crippen molar-refractivity contribution >= 4 is 27.7 Å². The number of fused-ring (bicyclic) bond motifs is 2. The summed E-state index contributed by atoms with van der Waals surface area (Å²) in [5, 5.41) is 12.0. The molecular formula is C19H12O3. The number of hydrogen-bond acceptors (Lipinski definition) is 2. The minimum Gasteiger partial charge on any atom is -0.478 e. The maximum Gasteiger partial charge on any atom is 0.336 e. The van der Waals surface area contributed by atoms with E-state index in [9.17, 15) is 9.90 Å². The van der Waals surface area contributed by atoms with Crippen LogP contribution in [-0.2, 0) is 0 Å². The van der Waals surface area contributed by atoms with E-state index < -0.39 is 5.97 Å². The predicted molar refractivity (Wildman–Crippen MR) is 86.1 cm³/mol. The molecule has 0 aliphatic heterocycles. The van der Waals surface area contributed by atoms with Crippen LogP contribution in [0.3, 0.4) is 0 Å². The molecule has 1 aromatic heterocycles. The Morgan fingerprint density at radius 1 is 0.864 bits per heavy atom. The minimum atomic E-state index is -0.924. The van der Waals surface area contributed by atoms with Crippen molar-refractivity contribution in [2.75, 3.05) is 0 Å². The minimum absolute atomic E-state index is 0.301. The quantitative estimate of drug-likeness (QED) is 0.567. The second-order valence-corrected chi connectivity index (χ2v) is 5.16. The van der Waals surface area contributed by atoms with Crippen molar-refractivity contribution in [3.8, 4) is 11.3 Å². The van der Waals surface area contributed by atoms with E-state index >= 15 is 0 Å². The van der Waals surface area contributed by atoms with Gasteiger partial charge in [0.1, 0.15) is 11.3 Å². The lowest BCUT2D eigenvalue weighted by atomic mass is 9.98. The van der Waals surface area contributed by atoms with E-state index in [0.717, 1.165) is 27.7 Å². The highest BCUT2D eigenvalue weighted by Gasteiger charge is 2.14. The second-order valence-electron chi connectivity index (χ2n) is 5.16. The van der Waals surface area contributed by atoms with Crippen molar-refractivity contribution in [2.45, 2.75) is 0 Å². The fraction of sp³-hybridized carbons (Fsp3) is 0. The number of carboxylic acids is 1. The number of carboxylic acid groups (broad SMARTS) is 1. The van der Waals surface area contributed by atoms with Gasteiger partial charge in [0.2, 0.25) is 0 Å². The summed E-state index contributed by atoms with van der Waals surface area (Å²) in [6, 6.07) is 20.7. The van der Waals surface area contributed by atoms with E-state index in [2.05, 4.69) is 0 Å². The molecule has 1 heterocycles. The van der Waals surface area contributed by atoms with Crippen LogP contribution in [-0.4, -0.2) is 11.1 Å². The Hall–Kier alpha value is -3.07. The fourth-order valence-corrected chi connectivity index (χ4v) is 2.82. The average Bonchev–Trinajstić information content (AvgIpc) is 2.97. The lowest BCUT2D eigenvalue weighted by Gasteiger charge is -2.07. The van der Waals surface area contributed by atoms with Crippen molar-refractivity contribution in [1.82, 2.24) is 0 Å². The summed E-state index contributed by atoms with van der Waals surface area (Å²) in [6.45, 7) is 0. The summed E-state index contributed by atoms with van der Waals surface area (Å²) in [5.41, 5.74) is 2.02. The van der Waals surface area contributed by atoms with Gasteiger partial charge < -0.3 is 9.52 Å². The molecule has 1 N–H and O–H groups in total. The van der Waals surface area contributed by atoms with Gasteiger partial charge in [-0.05, 0) is 35.0 Å². The molecule has 3 aromatic carbocycles. The molecule has 4 rings (SSSR count). The maximum absolute atomic E-state index is 11.4. The van der Waals surface area contributed by atoms with E-state index in [1.165, 1.54) is 0 Å². The zero-order valence-corrected chi connectivity index (χ0v) is 11.6. The molecule has 0 atom stereocenters. The largest absolute Gasteiger partial charge is 0.478 e. The zero-order chi connectivity index (χ0) is 15.1. The first-order valence-electron chi connectivity index (χ1n) is 6.98. The third-order valence-electron chi connectivity index (χ3n) is 3.85. The summed E-state index contributed by atoms with van der Waals surface area (Å²) in [7, 11) is 0. The molecule has 0 spiro atoms. The normalized spacial score (nSPS) is 11.1. The Morgan fingerprint density at radius 2 is 1.59 bits per heavy atom. The van der Waals surface area contributed by atoms with Crippen molar-refractivity contribution in [3.05, 3.63) is 72.3 Å². The third-order valence-corrected chi connectivity index (χ3v) is 3.85. The van der Waals surface area contributed by atoms with Crippen LogP contribution in [0.15, 0.2) is 71.1 Å². The molecule has 0 saturated carbocycles. The molecule has 0 saturated heterocycles.